The molecule has 0 radical (unpaired) electrons. The number of methoxy groups -OCH3 is 1. The second-order valence-electron chi connectivity index (χ2n) is 7.04. The minimum atomic E-state index is -0.736. The van der Waals surface area contributed by atoms with E-state index in [0.29, 0.717) is 18.6 Å². The van der Waals surface area contributed by atoms with E-state index in [1.54, 1.807) is 6.08 Å². The first kappa shape index (κ1) is 22.7. The molecule has 1 aliphatic rings. The number of allylic oxidation sites excluding steroid dienone is 2. The lowest BCUT2D eigenvalue weighted by Crippen LogP contribution is -2.25. The Kier molecular flexibility index (Phi) is 12.1. The monoisotopic (exact) mass is 368 g/mol. The van der Waals surface area contributed by atoms with Gasteiger partial charge in [-0.3, -0.25) is 0 Å². The third-order valence-corrected chi connectivity index (χ3v) is 4.80. The molecule has 2 N–H and O–H groups in total. The Morgan fingerprint density at radius 1 is 1.19 bits per heavy atom. The van der Waals surface area contributed by atoms with Crippen LogP contribution in [-0.2, 0) is 14.3 Å². The number of esters is 1. The number of hydrogen-bond acceptors (Lipinski definition) is 5. The number of aliphatic hydroxyl groups excluding tert-OH is 2. The van der Waals surface area contributed by atoms with Crippen LogP contribution in [0.1, 0.15) is 77.6 Å². The Balaban J connectivity index is 2.17. The van der Waals surface area contributed by atoms with E-state index in [0.717, 1.165) is 12.8 Å². The van der Waals surface area contributed by atoms with Crippen LogP contribution < -0.4 is 0 Å². The zero-order valence-corrected chi connectivity index (χ0v) is 16.4. The highest BCUT2D eigenvalue weighted by Gasteiger charge is 2.33. The fourth-order valence-electron chi connectivity index (χ4n) is 3.16. The van der Waals surface area contributed by atoms with Crippen molar-refractivity contribution >= 4 is 5.97 Å². The highest BCUT2D eigenvalue weighted by atomic mass is 16.5. The first-order valence-electron chi connectivity index (χ1n) is 10.1. The maximum atomic E-state index is 11.0. The van der Waals surface area contributed by atoms with E-state index in [9.17, 15) is 15.0 Å². The lowest BCUT2D eigenvalue weighted by atomic mass is 10.0. The summed E-state index contributed by atoms with van der Waals surface area (Å²) in [7, 11) is 1.31. The maximum Gasteiger partial charge on any atom is 0.330 e. The topological polar surface area (TPSA) is 76.0 Å². The molecule has 26 heavy (non-hydrogen) atoms. The van der Waals surface area contributed by atoms with Gasteiger partial charge < -0.3 is 19.7 Å². The second kappa shape index (κ2) is 13.8. The summed E-state index contributed by atoms with van der Waals surface area (Å²) in [4.78, 5) is 11.0. The van der Waals surface area contributed by atoms with Crippen molar-refractivity contribution in [3.63, 3.8) is 0 Å². The fraction of sp³-hybridized carbons (Fsp3) is 0.762. The van der Waals surface area contributed by atoms with Crippen LogP contribution in [-0.4, -0.2) is 41.6 Å². The van der Waals surface area contributed by atoms with Gasteiger partial charge in [-0.25, -0.2) is 4.79 Å². The molecule has 0 bridgehead atoms. The van der Waals surface area contributed by atoms with E-state index in [-0.39, 0.29) is 6.10 Å². The summed E-state index contributed by atoms with van der Waals surface area (Å²) in [6.45, 7) is 2.23. The van der Waals surface area contributed by atoms with Gasteiger partial charge in [0.05, 0.1) is 13.2 Å². The summed E-state index contributed by atoms with van der Waals surface area (Å²) in [5, 5.41) is 20.3. The molecule has 5 heteroatoms. The molecule has 150 valence electrons. The number of ether oxygens (including phenoxy) is 2. The average molecular weight is 369 g/mol. The Bertz CT molecular complexity index is 444. The van der Waals surface area contributed by atoms with Gasteiger partial charge in [-0.15, -0.1) is 0 Å². The Hall–Kier alpha value is -1.33. The van der Waals surface area contributed by atoms with E-state index < -0.39 is 18.2 Å². The molecule has 1 heterocycles. The normalized spacial score (nSPS) is 22.7. The molecule has 1 unspecified atom stereocenters. The number of carbonyl (C=O) groups is 1. The minimum Gasteiger partial charge on any atom is -0.489 e. The van der Waals surface area contributed by atoms with Gasteiger partial charge in [0.2, 0.25) is 0 Å². The first-order chi connectivity index (χ1) is 12.6. The third kappa shape index (κ3) is 9.39. The molecule has 5 nitrogen and oxygen atoms in total. The van der Waals surface area contributed by atoms with Crippen LogP contribution in [0.5, 0.6) is 0 Å². The van der Waals surface area contributed by atoms with Crippen molar-refractivity contribution in [1.82, 2.24) is 0 Å². The summed E-state index contributed by atoms with van der Waals surface area (Å²) < 4.78 is 10.1. The molecule has 0 amide bonds. The Labute approximate surface area is 158 Å². The minimum absolute atomic E-state index is 0.378. The molecule has 0 spiro atoms. The predicted octanol–water partition coefficient (Wildman–Crippen LogP) is 4.03. The summed E-state index contributed by atoms with van der Waals surface area (Å²) >= 11 is 0. The van der Waals surface area contributed by atoms with Gasteiger partial charge in [0.1, 0.15) is 18.0 Å². The van der Waals surface area contributed by atoms with Crippen molar-refractivity contribution in [3.05, 3.63) is 24.0 Å². The maximum absolute atomic E-state index is 11.0. The van der Waals surface area contributed by atoms with Crippen molar-refractivity contribution in [1.29, 1.82) is 0 Å². The van der Waals surface area contributed by atoms with Crippen LogP contribution >= 0.6 is 0 Å². The number of unbranched alkanes of at least 4 members (excludes halogenated alkanes) is 8. The van der Waals surface area contributed by atoms with E-state index in [4.69, 9.17) is 4.74 Å². The van der Waals surface area contributed by atoms with Crippen LogP contribution in [0, 0.1) is 0 Å². The van der Waals surface area contributed by atoms with Crippen LogP contribution in [0.15, 0.2) is 24.0 Å². The highest BCUT2D eigenvalue weighted by Crippen LogP contribution is 2.28. The smallest absolute Gasteiger partial charge is 0.330 e. The number of rotatable bonds is 13. The molecule has 0 saturated carbocycles. The van der Waals surface area contributed by atoms with Crippen molar-refractivity contribution in [2.24, 2.45) is 0 Å². The molecular formula is C21H36O5. The molecular weight excluding hydrogens is 332 g/mol. The van der Waals surface area contributed by atoms with Crippen LogP contribution in [0.2, 0.25) is 0 Å². The Morgan fingerprint density at radius 2 is 1.81 bits per heavy atom. The average Bonchev–Trinajstić information content (AvgIpc) is 3.01. The predicted molar refractivity (Wildman–Crippen MR) is 103 cm³/mol. The summed E-state index contributed by atoms with van der Waals surface area (Å²) in [5.41, 5.74) is 0. The van der Waals surface area contributed by atoms with Gasteiger partial charge in [-0.2, -0.15) is 0 Å². The van der Waals surface area contributed by atoms with Gasteiger partial charge in [-0.05, 0) is 12.5 Å². The zero-order valence-electron chi connectivity index (χ0n) is 16.4. The fourth-order valence-corrected chi connectivity index (χ4v) is 3.16. The molecule has 1 rings (SSSR count). The molecule has 0 aromatic carbocycles. The van der Waals surface area contributed by atoms with Gasteiger partial charge in [-0.1, -0.05) is 70.8 Å². The molecule has 1 aliphatic heterocycles. The molecule has 0 aromatic rings. The van der Waals surface area contributed by atoms with Crippen molar-refractivity contribution in [2.45, 2.75) is 95.9 Å². The number of aliphatic hydroxyl groups is 2. The molecule has 1 fully saturated rings. The van der Waals surface area contributed by atoms with Gasteiger partial charge in [0.25, 0.3) is 0 Å². The molecule has 0 aromatic heterocycles. The van der Waals surface area contributed by atoms with Gasteiger partial charge in [0, 0.05) is 12.5 Å². The molecule has 0 aliphatic carbocycles. The highest BCUT2D eigenvalue weighted by molar-refractivity contribution is 5.82. The Morgan fingerprint density at radius 3 is 2.42 bits per heavy atom. The quantitative estimate of drug-likeness (QED) is 0.292. The zero-order chi connectivity index (χ0) is 19.2. The standard InChI is InChI=1S/C21H36O5/c1-3-4-5-6-7-8-9-10-11-13-17(22)20-16-18(23)19(26-20)14-12-15-21(24)25-2/h12,14-15,17-18,20,22-23H,3-11,13,16H2,1-2H3/t17?,18-,20+/m1/s1. The summed E-state index contributed by atoms with van der Waals surface area (Å²) in [6, 6.07) is 0. The lowest BCUT2D eigenvalue weighted by molar-refractivity contribution is -0.134. The van der Waals surface area contributed by atoms with E-state index >= 15 is 0 Å². The van der Waals surface area contributed by atoms with E-state index in [2.05, 4.69) is 11.7 Å². The summed E-state index contributed by atoms with van der Waals surface area (Å²) in [6.07, 6.45) is 14.9. The van der Waals surface area contributed by atoms with E-state index in [1.807, 2.05) is 0 Å². The van der Waals surface area contributed by atoms with Crippen LogP contribution in [0.4, 0.5) is 0 Å². The van der Waals surface area contributed by atoms with Crippen LogP contribution in [0.25, 0.3) is 0 Å². The van der Waals surface area contributed by atoms with Crippen molar-refractivity contribution in [3.8, 4) is 0 Å². The van der Waals surface area contributed by atoms with Crippen molar-refractivity contribution in [2.75, 3.05) is 7.11 Å². The second-order valence-corrected chi connectivity index (χ2v) is 7.04. The third-order valence-electron chi connectivity index (χ3n) is 4.80. The van der Waals surface area contributed by atoms with Gasteiger partial charge >= 0.3 is 5.97 Å². The largest absolute Gasteiger partial charge is 0.489 e. The summed E-state index contributed by atoms with van der Waals surface area (Å²) in [5.74, 6) is -0.0717. The van der Waals surface area contributed by atoms with E-state index in [1.165, 1.54) is 64.2 Å². The number of hydrogen-bond donors (Lipinski definition) is 2. The van der Waals surface area contributed by atoms with Crippen molar-refractivity contribution < 1.29 is 24.5 Å². The molecule has 3 atom stereocenters. The lowest BCUT2D eigenvalue weighted by Gasteiger charge is -2.17. The van der Waals surface area contributed by atoms with Gasteiger partial charge in [0.15, 0.2) is 0 Å². The first-order valence-corrected chi connectivity index (χ1v) is 10.1. The number of carbonyl (C=O) groups excluding carboxylic acids is 1. The van der Waals surface area contributed by atoms with Crippen LogP contribution in [0.3, 0.4) is 0 Å². The SMILES string of the molecule is CCCCCCCCCCCC(O)[C@@H]1C[C@@H](O)C(=CC=CC(=O)OC)O1. The molecule has 1 saturated heterocycles.